The van der Waals surface area contributed by atoms with E-state index < -0.39 is 12.0 Å². The van der Waals surface area contributed by atoms with Gasteiger partial charge in [0, 0.05) is 17.3 Å². The lowest BCUT2D eigenvalue weighted by molar-refractivity contribution is -0.142. The van der Waals surface area contributed by atoms with E-state index in [4.69, 9.17) is 0 Å². The van der Waals surface area contributed by atoms with E-state index in [2.05, 4.69) is 20.3 Å². The standard InChI is InChI=1S/C14H15N3O3/c1-9(14(19)20-2)17-13(18)11-5-3-10(4-6-11)12-7-15-16-8-12/h3-9H,1-2H3,(H,15,16)(H,17,18). The molecule has 0 fully saturated rings. The molecular formula is C14H15N3O3. The summed E-state index contributed by atoms with van der Waals surface area (Å²) >= 11 is 0. The number of carbonyl (C=O) groups is 2. The summed E-state index contributed by atoms with van der Waals surface area (Å²) in [5, 5.41) is 9.17. The van der Waals surface area contributed by atoms with Crippen LogP contribution < -0.4 is 5.32 Å². The summed E-state index contributed by atoms with van der Waals surface area (Å²) in [5.41, 5.74) is 2.38. The molecule has 2 aromatic rings. The lowest BCUT2D eigenvalue weighted by Crippen LogP contribution is -2.39. The van der Waals surface area contributed by atoms with Gasteiger partial charge in [0.15, 0.2) is 0 Å². The van der Waals surface area contributed by atoms with Crippen molar-refractivity contribution in [2.24, 2.45) is 0 Å². The third-order valence-corrected chi connectivity index (χ3v) is 2.88. The maximum Gasteiger partial charge on any atom is 0.328 e. The van der Waals surface area contributed by atoms with Crippen LogP contribution in [-0.4, -0.2) is 35.2 Å². The highest BCUT2D eigenvalue weighted by molar-refractivity contribution is 5.97. The predicted octanol–water partition coefficient (Wildman–Crippen LogP) is 1.37. The second-order valence-corrected chi connectivity index (χ2v) is 4.28. The van der Waals surface area contributed by atoms with Gasteiger partial charge in [0.1, 0.15) is 6.04 Å². The molecule has 0 saturated heterocycles. The number of benzene rings is 1. The molecular weight excluding hydrogens is 258 g/mol. The Labute approximate surface area is 116 Å². The Morgan fingerprint density at radius 1 is 1.25 bits per heavy atom. The van der Waals surface area contributed by atoms with E-state index in [0.717, 1.165) is 11.1 Å². The monoisotopic (exact) mass is 273 g/mol. The maximum absolute atomic E-state index is 11.9. The summed E-state index contributed by atoms with van der Waals surface area (Å²) in [5.74, 6) is -0.796. The molecule has 2 N–H and O–H groups in total. The fourth-order valence-corrected chi connectivity index (χ4v) is 1.74. The highest BCUT2D eigenvalue weighted by Crippen LogP contribution is 2.17. The molecule has 1 unspecified atom stereocenters. The molecule has 0 saturated carbocycles. The van der Waals surface area contributed by atoms with E-state index in [1.807, 2.05) is 12.1 Å². The molecule has 0 spiro atoms. The Kier molecular flexibility index (Phi) is 4.14. The quantitative estimate of drug-likeness (QED) is 0.824. The van der Waals surface area contributed by atoms with Crippen molar-refractivity contribution in [1.29, 1.82) is 0 Å². The number of methoxy groups -OCH3 is 1. The van der Waals surface area contributed by atoms with Crippen molar-refractivity contribution in [3.8, 4) is 11.1 Å². The Balaban J connectivity index is 2.06. The molecule has 0 aliphatic heterocycles. The highest BCUT2D eigenvalue weighted by atomic mass is 16.5. The average Bonchev–Trinajstić information content (AvgIpc) is 3.00. The summed E-state index contributed by atoms with van der Waals surface area (Å²) in [6.07, 6.45) is 3.48. The number of aromatic nitrogens is 2. The number of rotatable bonds is 4. The summed E-state index contributed by atoms with van der Waals surface area (Å²) in [6, 6.07) is 6.36. The van der Waals surface area contributed by atoms with Crippen molar-refractivity contribution < 1.29 is 14.3 Å². The number of nitrogens with zero attached hydrogens (tertiary/aromatic N) is 1. The molecule has 6 nitrogen and oxygen atoms in total. The average molecular weight is 273 g/mol. The van der Waals surface area contributed by atoms with Gasteiger partial charge in [0.05, 0.1) is 13.3 Å². The van der Waals surface area contributed by atoms with Crippen molar-refractivity contribution in [3.63, 3.8) is 0 Å². The van der Waals surface area contributed by atoms with Crippen LogP contribution >= 0.6 is 0 Å². The van der Waals surface area contributed by atoms with Crippen molar-refractivity contribution in [3.05, 3.63) is 42.2 Å². The van der Waals surface area contributed by atoms with Crippen LogP contribution in [0.2, 0.25) is 0 Å². The number of amides is 1. The van der Waals surface area contributed by atoms with Gasteiger partial charge >= 0.3 is 5.97 Å². The zero-order chi connectivity index (χ0) is 14.5. The van der Waals surface area contributed by atoms with Crippen LogP contribution in [-0.2, 0) is 9.53 Å². The predicted molar refractivity (Wildman–Crippen MR) is 73.0 cm³/mol. The van der Waals surface area contributed by atoms with E-state index in [0.29, 0.717) is 5.56 Å². The Morgan fingerprint density at radius 3 is 2.50 bits per heavy atom. The summed E-state index contributed by atoms with van der Waals surface area (Å²) in [6.45, 7) is 1.57. The molecule has 6 heteroatoms. The van der Waals surface area contributed by atoms with E-state index in [1.165, 1.54) is 7.11 Å². The second-order valence-electron chi connectivity index (χ2n) is 4.28. The Morgan fingerprint density at radius 2 is 1.95 bits per heavy atom. The number of nitrogens with one attached hydrogen (secondary N) is 2. The van der Waals surface area contributed by atoms with Crippen LogP contribution in [0.15, 0.2) is 36.7 Å². The first-order valence-corrected chi connectivity index (χ1v) is 6.09. The number of H-pyrrole nitrogens is 1. The number of carbonyl (C=O) groups excluding carboxylic acids is 2. The Bertz CT molecular complexity index is 591. The van der Waals surface area contributed by atoms with Gasteiger partial charge in [-0.15, -0.1) is 0 Å². The maximum atomic E-state index is 11.9. The molecule has 1 amide bonds. The van der Waals surface area contributed by atoms with Gasteiger partial charge in [0.25, 0.3) is 5.91 Å². The zero-order valence-electron chi connectivity index (χ0n) is 11.2. The first-order valence-electron chi connectivity index (χ1n) is 6.09. The van der Waals surface area contributed by atoms with Gasteiger partial charge < -0.3 is 10.1 Å². The fourth-order valence-electron chi connectivity index (χ4n) is 1.74. The highest BCUT2D eigenvalue weighted by Gasteiger charge is 2.16. The summed E-state index contributed by atoms with van der Waals surface area (Å²) in [4.78, 5) is 23.2. The molecule has 1 aromatic heterocycles. The molecule has 0 aliphatic carbocycles. The number of ether oxygens (including phenoxy) is 1. The largest absolute Gasteiger partial charge is 0.467 e. The normalized spacial score (nSPS) is 11.7. The van der Waals surface area contributed by atoms with Gasteiger partial charge in [0.2, 0.25) is 0 Å². The minimum absolute atomic E-state index is 0.318. The van der Waals surface area contributed by atoms with E-state index in [-0.39, 0.29) is 5.91 Å². The minimum Gasteiger partial charge on any atom is -0.467 e. The van der Waals surface area contributed by atoms with Crippen molar-refractivity contribution in [2.45, 2.75) is 13.0 Å². The third-order valence-electron chi connectivity index (χ3n) is 2.88. The van der Waals surface area contributed by atoms with Crippen LogP contribution in [0.3, 0.4) is 0 Å². The molecule has 1 heterocycles. The molecule has 0 bridgehead atoms. The van der Waals surface area contributed by atoms with Crippen LogP contribution in [0.25, 0.3) is 11.1 Å². The van der Waals surface area contributed by atoms with Crippen molar-refractivity contribution in [2.75, 3.05) is 7.11 Å². The summed E-state index contributed by atoms with van der Waals surface area (Å²) < 4.78 is 4.55. The minimum atomic E-state index is -0.680. The van der Waals surface area contributed by atoms with Gasteiger partial charge in [-0.1, -0.05) is 12.1 Å². The molecule has 0 aliphatic rings. The van der Waals surface area contributed by atoms with Crippen LogP contribution in [0.4, 0.5) is 0 Å². The van der Waals surface area contributed by atoms with Crippen molar-refractivity contribution in [1.82, 2.24) is 15.5 Å². The van der Waals surface area contributed by atoms with E-state index in [9.17, 15) is 9.59 Å². The smallest absolute Gasteiger partial charge is 0.328 e. The van der Waals surface area contributed by atoms with Crippen molar-refractivity contribution >= 4 is 11.9 Å². The number of hydrogen-bond donors (Lipinski definition) is 2. The molecule has 1 atom stereocenters. The number of hydrogen-bond acceptors (Lipinski definition) is 4. The van der Waals surface area contributed by atoms with Crippen LogP contribution in [0.1, 0.15) is 17.3 Å². The van der Waals surface area contributed by atoms with Gasteiger partial charge in [-0.25, -0.2) is 4.79 Å². The molecule has 20 heavy (non-hydrogen) atoms. The molecule has 104 valence electrons. The van der Waals surface area contributed by atoms with E-state index >= 15 is 0 Å². The lowest BCUT2D eigenvalue weighted by Gasteiger charge is -2.11. The first-order chi connectivity index (χ1) is 9.61. The van der Waals surface area contributed by atoms with Gasteiger partial charge in [-0.05, 0) is 24.6 Å². The number of aromatic amines is 1. The lowest BCUT2D eigenvalue weighted by atomic mass is 10.1. The van der Waals surface area contributed by atoms with E-state index in [1.54, 1.807) is 31.5 Å². The molecule has 1 aromatic carbocycles. The SMILES string of the molecule is COC(=O)C(C)NC(=O)c1ccc(-c2cn[nH]c2)cc1. The van der Waals surface area contributed by atoms with Crippen LogP contribution in [0, 0.1) is 0 Å². The summed E-state index contributed by atoms with van der Waals surface area (Å²) in [7, 11) is 1.28. The zero-order valence-corrected chi connectivity index (χ0v) is 11.2. The second kappa shape index (κ2) is 6.01. The molecule has 0 radical (unpaired) electrons. The topological polar surface area (TPSA) is 84.1 Å². The Hall–Kier alpha value is -2.63. The first kappa shape index (κ1) is 13.8. The fraction of sp³-hybridized carbons (Fsp3) is 0.214. The van der Waals surface area contributed by atoms with Gasteiger partial charge in [-0.2, -0.15) is 5.10 Å². The number of esters is 1. The molecule has 2 rings (SSSR count). The van der Waals surface area contributed by atoms with Crippen LogP contribution in [0.5, 0.6) is 0 Å². The third kappa shape index (κ3) is 3.03. The van der Waals surface area contributed by atoms with Gasteiger partial charge in [-0.3, -0.25) is 9.89 Å².